The Morgan fingerprint density at radius 2 is 2.44 bits per heavy atom. The van der Waals surface area contributed by atoms with Crippen LogP contribution < -0.4 is 5.32 Å². The summed E-state index contributed by atoms with van der Waals surface area (Å²) in [7, 11) is 0. The normalized spacial score (nSPS) is 27.2. The molecule has 2 heterocycles. The molecule has 90 valence electrons. The Labute approximate surface area is 102 Å². The third kappa shape index (κ3) is 2.81. The molecule has 2 atom stereocenters. The number of nitrogens with zero attached hydrogens (tertiary/aromatic N) is 2. The molecule has 2 rings (SSSR count). The predicted molar refractivity (Wildman–Crippen MR) is 68.8 cm³/mol. The van der Waals surface area contributed by atoms with Crippen LogP contribution in [0.4, 0.5) is 0 Å². The van der Waals surface area contributed by atoms with Gasteiger partial charge in [-0.2, -0.15) is 0 Å². The van der Waals surface area contributed by atoms with Gasteiger partial charge < -0.3 is 5.32 Å². The molecular formula is C12H21N3S. The molecular weight excluding hydrogens is 218 g/mol. The summed E-state index contributed by atoms with van der Waals surface area (Å²) in [5, 5.41) is 4.83. The first kappa shape index (κ1) is 12.0. The van der Waals surface area contributed by atoms with Crippen LogP contribution in [0.15, 0.2) is 6.20 Å². The highest BCUT2D eigenvalue weighted by Crippen LogP contribution is 2.17. The number of aryl methyl sites for hydroxylation is 1. The predicted octanol–water partition coefficient (Wildman–Crippen LogP) is 2.02. The average molecular weight is 239 g/mol. The molecule has 1 aromatic heterocycles. The minimum Gasteiger partial charge on any atom is -0.311 e. The lowest BCUT2D eigenvalue weighted by Gasteiger charge is -2.38. The van der Waals surface area contributed by atoms with Gasteiger partial charge >= 0.3 is 0 Å². The Kier molecular flexibility index (Phi) is 3.95. The van der Waals surface area contributed by atoms with E-state index in [1.807, 2.05) is 17.5 Å². The number of aromatic nitrogens is 1. The molecule has 1 aliphatic rings. The van der Waals surface area contributed by atoms with E-state index in [4.69, 9.17) is 0 Å². The van der Waals surface area contributed by atoms with Gasteiger partial charge in [0.05, 0.1) is 6.54 Å². The Bertz CT molecular complexity index is 337. The quantitative estimate of drug-likeness (QED) is 0.875. The topological polar surface area (TPSA) is 28.2 Å². The van der Waals surface area contributed by atoms with Gasteiger partial charge in [-0.1, -0.05) is 6.92 Å². The molecule has 1 fully saturated rings. The minimum absolute atomic E-state index is 0.618. The first-order chi connectivity index (χ1) is 7.69. The van der Waals surface area contributed by atoms with Gasteiger partial charge in [0.25, 0.3) is 0 Å². The Hall–Kier alpha value is -0.450. The number of hydrogen-bond donors (Lipinski definition) is 1. The molecule has 16 heavy (non-hydrogen) atoms. The third-order valence-electron chi connectivity index (χ3n) is 3.28. The SMILES string of the molecule is CCC1CN(Cc2ncc(C)s2)C(C)CN1. The summed E-state index contributed by atoms with van der Waals surface area (Å²) in [6.07, 6.45) is 3.18. The van der Waals surface area contributed by atoms with Crippen molar-refractivity contribution < 1.29 is 0 Å². The van der Waals surface area contributed by atoms with E-state index in [1.165, 1.54) is 16.3 Å². The van der Waals surface area contributed by atoms with E-state index in [1.54, 1.807) is 0 Å². The van der Waals surface area contributed by atoms with E-state index in [0.29, 0.717) is 12.1 Å². The van der Waals surface area contributed by atoms with Crippen molar-refractivity contribution in [2.24, 2.45) is 0 Å². The lowest BCUT2D eigenvalue weighted by atomic mass is 10.1. The third-order valence-corrected chi connectivity index (χ3v) is 4.18. The summed E-state index contributed by atoms with van der Waals surface area (Å²) < 4.78 is 0. The van der Waals surface area contributed by atoms with Crippen molar-refractivity contribution in [2.75, 3.05) is 13.1 Å². The van der Waals surface area contributed by atoms with Crippen LogP contribution in [0.25, 0.3) is 0 Å². The summed E-state index contributed by atoms with van der Waals surface area (Å²) in [6, 6.07) is 1.27. The molecule has 0 radical (unpaired) electrons. The van der Waals surface area contributed by atoms with Crippen LogP contribution in [0.5, 0.6) is 0 Å². The van der Waals surface area contributed by atoms with E-state index >= 15 is 0 Å². The summed E-state index contributed by atoms with van der Waals surface area (Å²) in [5.41, 5.74) is 0. The van der Waals surface area contributed by atoms with Crippen LogP contribution in [-0.2, 0) is 6.54 Å². The minimum atomic E-state index is 0.618. The van der Waals surface area contributed by atoms with Crippen LogP contribution in [-0.4, -0.2) is 35.1 Å². The molecule has 1 saturated heterocycles. The largest absolute Gasteiger partial charge is 0.311 e. The molecule has 0 bridgehead atoms. The number of piperazine rings is 1. The van der Waals surface area contributed by atoms with Crippen LogP contribution in [0.1, 0.15) is 30.2 Å². The van der Waals surface area contributed by atoms with Gasteiger partial charge in [-0.05, 0) is 20.3 Å². The average Bonchev–Trinajstić information content (AvgIpc) is 2.67. The zero-order valence-corrected chi connectivity index (χ0v) is 11.2. The lowest BCUT2D eigenvalue weighted by molar-refractivity contribution is 0.131. The summed E-state index contributed by atoms with van der Waals surface area (Å²) >= 11 is 1.82. The Morgan fingerprint density at radius 1 is 1.62 bits per heavy atom. The Balaban J connectivity index is 1.96. The maximum absolute atomic E-state index is 4.45. The molecule has 3 nitrogen and oxygen atoms in total. The molecule has 1 N–H and O–H groups in total. The van der Waals surface area contributed by atoms with Gasteiger partial charge in [0.2, 0.25) is 0 Å². The van der Waals surface area contributed by atoms with E-state index in [9.17, 15) is 0 Å². The second-order valence-electron chi connectivity index (χ2n) is 4.66. The second-order valence-corrected chi connectivity index (χ2v) is 5.98. The van der Waals surface area contributed by atoms with E-state index < -0.39 is 0 Å². The van der Waals surface area contributed by atoms with Crippen molar-refractivity contribution in [2.45, 2.75) is 45.8 Å². The maximum atomic E-state index is 4.45. The van der Waals surface area contributed by atoms with Gasteiger partial charge in [0, 0.05) is 36.2 Å². The molecule has 0 spiro atoms. The highest BCUT2D eigenvalue weighted by Gasteiger charge is 2.24. The summed E-state index contributed by atoms with van der Waals surface area (Å²) in [5.74, 6) is 0. The zero-order chi connectivity index (χ0) is 11.5. The lowest BCUT2D eigenvalue weighted by Crippen LogP contribution is -2.54. The van der Waals surface area contributed by atoms with Crippen molar-refractivity contribution in [3.63, 3.8) is 0 Å². The van der Waals surface area contributed by atoms with Gasteiger partial charge in [0.15, 0.2) is 0 Å². The second kappa shape index (κ2) is 5.25. The fourth-order valence-corrected chi connectivity index (χ4v) is 2.95. The molecule has 4 heteroatoms. The zero-order valence-electron chi connectivity index (χ0n) is 10.4. The molecule has 0 amide bonds. The monoisotopic (exact) mass is 239 g/mol. The van der Waals surface area contributed by atoms with Crippen LogP contribution in [0.3, 0.4) is 0 Å². The fourth-order valence-electron chi connectivity index (χ4n) is 2.14. The first-order valence-electron chi connectivity index (χ1n) is 6.07. The molecule has 1 aliphatic heterocycles. The first-order valence-corrected chi connectivity index (χ1v) is 6.89. The van der Waals surface area contributed by atoms with Gasteiger partial charge in [-0.15, -0.1) is 11.3 Å². The number of hydrogen-bond acceptors (Lipinski definition) is 4. The van der Waals surface area contributed by atoms with Crippen LogP contribution in [0, 0.1) is 6.92 Å². The number of thiazole rings is 1. The summed E-state index contributed by atoms with van der Waals surface area (Å²) in [6.45, 7) is 9.92. The molecule has 0 saturated carbocycles. The number of rotatable bonds is 3. The number of nitrogens with one attached hydrogen (secondary N) is 1. The van der Waals surface area contributed by atoms with Gasteiger partial charge in [0.1, 0.15) is 5.01 Å². The smallest absolute Gasteiger partial charge is 0.107 e. The van der Waals surface area contributed by atoms with Crippen molar-refractivity contribution in [3.05, 3.63) is 16.1 Å². The van der Waals surface area contributed by atoms with Crippen molar-refractivity contribution in [1.82, 2.24) is 15.2 Å². The van der Waals surface area contributed by atoms with Gasteiger partial charge in [-0.25, -0.2) is 4.98 Å². The summed E-state index contributed by atoms with van der Waals surface area (Å²) in [4.78, 5) is 8.31. The maximum Gasteiger partial charge on any atom is 0.107 e. The molecule has 1 aromatic rings. The van der Waals surface area contributed by atoms with Gasteiger partial charge in [-0.3, -0.25) is 4.90 Å². The van der Waals surface area contributed by atoms with Crippen LogP contribution in [0.2, 0.25) is 0 Å². The molecule has 2 unspecified atom stereocenters. The molecule has 0 aliphatic carbocycles. The fraction of sp³-hybridized carbons (Fsp3) is 0.750. The molecule has 0 aromatic carbocycles. The van der Waals surface area contributed by atoms with Crippen LogP contribution >= 0.6 is 11.3 Å². The van der Waals surface area contributed by atoms with E-state index in [0.717, 1.165) is 19.6 Å². The highest BCUT2D eigenvalue weighted by molar-refractivity contribution is 7.11. The van der Waals surface area contributed by atoms with Crippen molar-refractivity contribution >= 4 is 11.3 Å². The van der Waals surface area contributed by atoms with Crippen molar-refractivity contribution in [1.29, 1.82) is 0 Å². The Morgan fingerprint density at radius 3 is 3.06 bits per heavy atom. The standard InChI is InChI=1S/C12H21N3S/c1-4-11-7-15(9(2)5-13-11)8-12-14-6-10(3)16-12/h6,9,11,13H,4-5,7-8H2,1-3H3. The highest BCUT2D eigenvalue weighted by atomic mass is 32.1. The van der Waals surface area contributed by atoms with Crippen molar-refractivity contribution in [3.8, 4) is 0 Å². The van der Waals surface area contributed by atoms with E-state index in [-0.39, 0.29) is 0 Å². The van der Waals surface area contributed by atoms with E-state index in [2.05, 4.69) is 36.0 Å².